The number of anilines is 1. The van der Waals surface area contributed by atoms with E-state index in [9.17, 15) is 0 Å². The molecule has 0 spiro atoms. The lowest BCUT2D eigenvalue weighted by Crippen LogP contribution is -2.39. The number of nitrogens with two attached hydrogens (primary N) is 1. The SMILES string of the molecule is Cc1cc(C)c(C(=N)N)c(N(C)C2CCC(C)(C)CC2)n1. The smallest absolute Gasteiger partial charge is 0.140 e. The minimum absolute atomic E-state index is 0.109. The number of hydrogen-bond donors (Lipinski definition) is 2. The van der Waals surface area contributed by atoms with Gasteiger partial charge in [0, 0.05) is 18.8 Å². The summed E-state index contributed by atoms with van der Waals surface area (Å²) in [4.78, 5) is 6.91. The minimum atomic E-state index is 0.109. The number of aromatic nitrogens is 1. The molecule has 1 fully saturated rings. The van der Waals surface area contributed by atoms with Crippen LogP contribution >= 0.6 is 0 Å². The fourth-order valence-corrected chi connectivity index (χ4v) is 3.35. The number of hydrogen-bond acceptors (Lipinski definition) is 3. The Bertz CT molecular complexity index is 538. The van der Waals surface area contributed by atoms with E-state index in [1.165, 1.54) is 25.7 Å². The van der Waals surface area contributed by atoms with Crippen molar-refractivity contribution in [1.82, 2.24) is 4.98 Å². The monoisotopic (exact) mass is 288 g/mol. The predicted octanol–water partition coefficient (Wildman–Crippen LogP) is 3.39. The van der Waals surface area contributed by atoms with Gasteiger partial charge in [-0.25, -0.2) is 4.98 Å². The molecule has 1 saturated carbocycles. The molecule has 2 rings (SSSR count). The van der Waals surface area contributed by atoms with Crippen LogP contribution in [0.3, 0.4) is 0 Å². The maximum absolute atomic E-state index is 7.87. The first-order chi connectivity index (χ1) is 9.71. The molecule has 0 radical (unpaired) electrons. The van der Waals surface area contributed by atoms with Crippen LogP contribution in [0.15, 0.2) is 6.07 Å². The average molecular weight is 288 g/mol. The summed E-state index contributed by atoms with van der Waals surface area (Å²) in [6.07, 6.45) is 4.83. The molecule has 4 heteroatoms. The zero-order valence-corrected chi connectivity index (χ0v) is 14.0. The summed E-state index contributed by atoms with van der Waals surface area (Å²) in [5.74, 6) is 0.975. The van der Waals surface area contributed by atoms with E-state index in [1.54, 1.807) is 0 Å². The van der Waals surface area contributed by atoms with E-state index in [-0.39, 0.29) is 5.84 Å². The zero-order valence-electron chi connectivity index (χ0n) is 14.0. The number of aryl methyl sites for hydroxylation is 2. The van der Waals surface area contributed by atoms with Crippen LogP contribution < -0.4 is 10.6 Å². The normalized spacial score (nSPS) is 18.5. The van der Waals surface area contributed by atoms with Crippen LogP contribution in [0, 0.1) is 24.7 Å². The quantitative estimate of drug-likeness (QED) is 0.662. The minimum Gasteiger partial charge on any atom is -0.384 e. The Balaban J connectivity index is 2.31. The van der Waals surface area contributed by atoms with Gasteiger partial charge in [0.15, 0.2) is 0 Å². The number of nitrogens with one attached hydrogen (secondary N) is 1. The second-order valence-corrected chi connectivity index (χ2v) is 7.20. The predicted molar refractivity (Wildman–Crippen MR) is 89.2 cm³/mol. The lowest BCUT2D eigenvalue weighted by Gasteiger charge is -2.39. The van der Waals surface area contributed by atoms with Crippen LogP contribution in [-0.2, 0) is 0 Å². The van der Waals surface area contributed by atoms with Gasteiger partial charge in [-0.3, -0.25) is 5.41 Å². The van der Waals surface area contributed by atoms with Crippen LogP contribution in [0.1, 0.15) is 56.4 Å². The fraction of sp³-hybridized carbons (Fsp3) is 0.647. The molecule has 21 heavy (non-hydrogen) atoms. The topological polar surface area (TPSA) is 66.0 Å². The summed E-state index contributed by atoms with van der Waals surface area (Å²) in [5, 5.41) is 7.87. The van der Waals surface area contributed by atoms with Crippen LogP contribution in [0.4, 0.5) is 5.82 Å². The lowest BCUT2D eigenvalue weighted by molar-refractivity contribution is 0.222. The Kier molecular flexibility index (Phi) is 4.26. The third kappa shape index (κ3) is 3.36. The summed E-state index contributed by atoms with van der Waals surface area (Å²) in [6, 6.07) is 2.49. The summed E-state index contributed by atoms with van der Waals surface area (Å²) < 4.78 is 0. The standard InChI is InChI=1S/C17H28N4/c1-11-10-12(2)20-16(14(11)15(18)19)21(5)13-6-8-17(3,4)9-7-13/h10,13H,6-9H2,1-5H3,(H3,18,19). The molecule has 0 saturated heterocycles. The molecule has 0 amide bonds. The number of rotatable bonds is 3. The van der Waals surface area contributed by atoms with Gasteiger partial charge in [0.1, 0.15) is 11.7 Å². The van der Waals surface area contributed by atoms with Crippen LogP contribution in [0.5, 0.6) is 0 Å². The van der Waals surface area contributed by atoms with Crippen molar-refractivity contribution in [1.29, 1.82) is 5.41 Å². The number of amidine groups is 1. The second kappa shape index (κ2) is 5.66. The van der Waals surface area contributed by atoms with E-state index in [4.69, 9.17) is 11.1 Å². The van der Waals surface area contributed by atoms with Crippen molar-refractivity contribution in [2.75, 3.05) is 11.9 Å². The second-order valence-electron chi connectivity index (χ2n) is 7.20. The van der Waals surface area contributed by atoms with Gasteiger partial charge >= 0.3 is 0 Å². The average Bonchev–Trinajstić information content (AvgIpc) is 2.36. The first-order valence-corrected chi connectivity index (χ1v) is 7.77. The summed E-state index contributed by atoms with van der Waals surface area (Å²) in [5.41, 5.74) is 9.05. The Morgan fingerprint density at radius 2 is 1.90 bits per heavy atom. The Morgan fingerprint density at radius 1 is 1.33 bits per heavy atom. The molecule has 3 N–H and O–H groups in total. The highest BCUT2D eigenvalue weighted by Crippen LogP contribution is 2.38. The Hall–Kier alpha value is -1.58. The van der Waals surface area contributed by atoms with E-state index in [0.717, 1.165) is 22.6 Å². The maximum atomic E-state index is 7.87. The van der Waals surface area contributed by atoms with Crippen molar-refractivity contribution < 1.29 is 0 Å². The molecule has 1 aromatic heterocycles. The Labute approximate surface area is 128 Å². The third-order valence-corrected chi connectivity index (χ3v) is 4.79. The molecule has 0 aliphatic heterocycles. The first kappa shape index (κ1) is 15.8. The highest BCUT2D eigenvalue weighted by Gasteiger charge is 2.30. The highest BCUT2D eigenvalue weighted by atomic mass is 15.2. The fourth-order valence-electron chi connectivity index (χ4n) is 3.35. The van der Waals surface area contributed by atoms with E-state index in [0.29, 0.717) is 11.5 Å². The third-order valence-electron chi connectivity index (χ3n) is 4.79. The van der Waals surface area contributed by atoms with Crippen LogP contribution in [-0.4, -0.2) is 23.9 Å². The van der Waals surface area contributed by atoms with Crippen LogP contribution in [0.2, 0.25) is 0 Å². The maximum Gasteiger partial charge on any atom is 0.140 e. The van der Waals surface area contributed by atoms with Gasteiger partial charge in [0.25, 0.3) is 0 Å². The summed E-state index contributed by atoms with van der Waals surface area (Å²) in [6.45, 7) is 8.70. The molecule has 0 bridgehead atoms. The van der Waals surface area contributed by atoms with Gasteiger partial charge in [0.05, 0.1) is 5.56 Å². The molecule has 0 unspecified atom stereocenters. The number of pyridine rings is 1. The van der Waals surface area contributed by atoms with Crippen molar-refractivity contribution >= 4 is 11.7 Å². The van der Waals surface area contributed by atoms with E-state index >= 15 is 0 Å². The van der Waals surface area contributed by atoms with Crippen molar-refractivity contribution in [2.45, 2.75) is 59.4 Å². The van der Waals surface area contributed by atoms with Crippen molar-refractivity contribution in [2.24, 2.45) is 11.1 Å². The largest absolute Gasteiger partial charge is 0.384 e. The molecule has 1 aromatic rings. The molecule has 116 valence electrons. The molecular weight excluding hydrogens is 260 g/mol. The Morgan fingerprint density at radius 3 is 2.43 bits per heavy atom. The van der Waals surface area contributed by atoms with Gasteiger partial charge in [-0.05, 0) is 56.6 Å². The highest BCUT2D eigenvalue weighted by molar-refractivity contribution is 6.01. The van der Waals surface area contributed by atoms with Gasteiger partial charge in [0.2, 0.25) is 0 Å². The molecule has 0 atom stereocenters. The van der Waals surface area contributed by atoms with E-state index in [2.05, 4.69) is 30.8 Å². The zero-order chi connectivity index (χ0) is 15.8. The summed E-state index contributed by atoms with van der Waals surface area (Å²) in [7, 11) is 2.09. The number of nitrogen functional groups attached to an aromatic ring is 1. The van der Waals surface area contributed by atoms with Crippen molar-refractivity contribution in [3.63, 3.8) is 0 Å². The summed E-state index contributed by atoms with van der Waals surface area (Å²) >= 11 is 0. The van der Waals surface area contributed by atoms with Gasteiger partial charge in [-0.2, -0.15) is 0 Å². The molecular formula is C17H28N4. The molecule has 1 aliphatic carbocycles. The molecule has 1 aliphatic rings. The molecule has 4 nitrogen and oxygen atoms in total. The molecule has 0 aromatic carbocycles. The van der Waals surface area contributed by atoms with Crippen molar-refractivity contribution in [3.05, 3.63) is 22.9 Å². The lowest BCUT2D eigenvalue weighted by atomic mass is 9.75. The number of nitrogens with zero attached hydrogens (tertiary/aromatic N) is 2. The van der Waals surface area contributed by atoms with Crippen LogP contribution in [0.25, 0.3) is 0 Å². The van der Waals surface area contributed by atoms with Gasteiger partial charge < -0.3 is 10.6 Å². The van der Waals surface area contributed by atoms with Gasteiger partial charge in [-0.1, -0.05) is 13.8 Å². The molecule has 1 heterocycles. The first-order valence-electron chi connectivity index (χ1n) is 7.77. The van der Waals surface area contributed by atoms with Crippen molar-refractivity contribution in [3.8, 4) is 0 Å². The van der Waals surface area contributed by atoms with Gasteiger partial charge in [-0.15, -0.1) is 0 Å². The van der Waals surface area contributed by atoms with E-state index in [1.807, 2.05) is 19.9 Å². The van der Waals surface area contributed by atoms with E-state index < -0.39 is 0 Å².